The van der Waals surface area contributed by atoms with E-state index in [9.17, 15) is 4.39 Å². The molecule has 4 heterocycles. The molecule has 5 nitrogen and oxygen atoms in total. The van der Waals surface area contributed by atoms with Crippen LogP contribution in [0.25, 0.3) is 72.6 Å². The minimum Gasteiger partial charge on any atom is 0 e. The Labute approximate surface area is 356 Å². The molecule has 0 N–H and O–H groups in total. The summed E-state index contributed by atoms with van der Waals surface area (Å²) in [5.74, 6) is 7.79. The number of pyridine rings is 2. The first-order valence-electron chi connectivity index (χ1n) is 19.5. The fourth-order valence-electron chi connectivity index (χ4n) is 7.35. The van der Waals surface area contributed by atoms with Crippen molar-refractivity contribution in [2.75, 3.05) is 0 Å². The van der Waals surface area contributed by atoms with E-state index in [1.54, 1.807) is 6.07 Å². The monoisotopic (exact) mass is 1000 g/mol. The van der Waals surface area contributed by atoms with Crippen LogP contribution in [0.2, 0.25) is 17.3 Å². The number of imidazole rings is 1. The second kappa shape index (κ2) is 16.9. The molecule has 0 saturated carbocycles. The summed E-state index contributed by atoms with van der Waals surface area (Å²) in [6.07, 6.45) is 2.04. The first kappa shape index (κ1) is 41.0. The Kier molecular flexibility index (Phi) is 12.0. The Morgan fingerprint density at radius 2 is 1.40 bits per heavy atom. The van der Waals surface area contributed by atoms with E-state index >= 15 is 0 Å². The molecular formula is C50H45FGeIrN4O-2. The smallest absolute Gasteiger partial charge is 0 e. The zero-order chi connectivity index (χ0) is 39.8. The van der Waals surface area contributed by atoms with E-state index in [1.807, 2.05) is 66.9 Å². The molecule has 0 unspecified atom stereocenters. The van der Waals surface area contributed by atoms with Gasteiger partial charge in [-0.3, -0.25) is 4.98 Å². The molecular weight excluding hydrogens is 956 g/mol. The van der Waals surface area contributed by atoms with Crippen molar-refractivity contribution < 1.29 is 28.9 Å². The van der Waals surface area contributed by atoms with Gasteiger partial charge in [0.25, 0.3) is 0 Å². The molecule has 1 radical (unpaired) electrons. The summed E-state index contributed by atoms with van der Waals surface area (Å²) < 4.78 is 23.9. The molecule has 0 saturated heterocycles. The molecule has 293 valence electrons. The average molecular weight is 1000 g/mol. The van der Waals surface area contributed by atoms with Gasteiger partial charge < -0.3 is 8.98 Å². The van der Waals surface area contributed by atoms with Crippen LogP contribution in [0, 0.1) is 18.1 Å². The second-order valence-electron chi connectivity index (χ2n) is 16.1. The molecule has 5 aromatic carbocycles. The number of furan rings is 1. The van der Waals surface area contributed by atoms with Gasteiger partial charge >= 0.3 is 99.8 Å². The van der Waals surface area contributed by atoms with Crippen LogP contribution < -0.4 is 4.40 Å². The van der Waals surface area contributed by atoms with Crippen LogP contribution >= 0.6 is 0 Å². The largest absolute Gasteiger partial charge is 0 e. The van der Waals surface area contributed by atoms with E-state index in [0.29, 0.717) is 11.1 Å². The van der Waals surface area contributed by atoms with E-state index < -0.39 is 19.2 Å². The van der Waals surface area contributed by atoms with E-state index in [0.717, 1.165) is 44.6 Å². The van der Waals surface area contributed by atoms with Gasteiger partial charge in [-0.1, -0.05) is 81.1 Å². The normalized spacial score (nSPS) is 11.6. The predicted molar refractivity (Wildman–Crippen MR) is 235 cm³/mol. The van der Waals surface area contributed by atoms with Crippen LogP contribution in [0.4, 0.5) is 4.39 Å². The number of fused-ring (bicyclic) bond motifs is 4. The number of rotatable bonds is 7. The van der Waals surface area contributed by atoms with Crippen LogP contribution in [-0.4, -0.2) is 32.8 Å². The summed E-state index contributed by atoms with van der Waals surface area (Å²) in [5, 5.41) is 1.62. The molecule has 0 atom stereocenters. The molecule has 9 aromatic rings. The fraction of sp³-hybridized carbons (Fsp3) is 0.180. The maximum absolute atomic E-state index is 14.0. The first-order chi connectivity index (χ1) is 27.5. The predicted octanol–water partition coefficient (Wildman–Crippen LogP) is 12.9. The van der Waals surface area contributed by atoms with Gasteiger partial charge in [0.1, 0.15) is 0 Å². The van der Waals surface area contributed by atoms with Crippen LogP contribution in [0.1, 0.15) is 50.7 Å². The first-order valence-corrected chi connectivity index (χ1v) is 26.9. The molecule has 8 heteroatoms. The molecule has 58 heavy (non-hydrogen) atoms. The van der Waals surface area contributed by atoms with Crippen molar-refractivity contribution in [2.24, 2.45) is 0 Å². The quantitative estimate of drug-likeness (QED) is 0.0907. The number of hydrogen-bond donors (Lipinski definition) is 0. The molecule has 0 aliphatic rings. The Hall–Kier alpha value is -5.21. The van der Waals surface area contributed by atoms with Crippen molar-refractivity contribution >= 4 is 50.8 Å². The summed E-state index contributed by atoms with van der Waals surface area (Å²) >= 11 is -1.72. The Morgan fingerprint density at radius 3 is 2.05 bits per heavy atom. The third kappa shape index (κ3) is 8.09. The minimum atomic E-state index is -1.72. The summed E-state index contributed by atoms with van der Waals surface area (Å²) in [7, 11) is 0. The number of hydrogen-bond acceptors (Lipinski definition) is 4. The van der Waals surface area contributed by atoms with Gasteiger partial charge in [-0.15, -0.1) is 18.2 Å². The van der Waals surface area contributed by atoms with Crippen molar-refractivity contribution in [3.05, 3.63) is 163 Å². The Balaban J connectivity index is 0.000000254. The number of nitrogens with zero attached hydrogens (tertiary/aromatic N) is 4. The fourth-order valence-corrected chi connectivity index (χ4v) is 9.52. The van der Waals surface area contributed by atoms with Gasteiger partial charge in [-0.25, -0.2) is 0 Å². The van der Waals surface area contributed by atoms with Crippen molar-refractivity contribution in [3.8, 4) is 39.5 Å². The van der Waals surface area contributed by atoms with Crippen molar-refractivity contribution in [2.45, 2.75) is 56.8 Å². The summed E-state index contributed by atoms with van der Waals surface area (Å²) in [6, 6.07) is 49.2. The average Bonchev–Trinajstić information content (AvgIpc) is 3.79. The van der Waals surface area contributed by atoms with Gasteiger partial charge in [0.2, 0.25) is 11.7 Å². The van der Waals surface area contributed by atoms with Crippen LogP contribution in [0.15, 0.2) is 138 Å². The Morgan fingerprint density at radius 1 is 0.690 bits per heavy atom. The molecule has 0 amide bonds. The topological polar surface area (TPSA) is 56.7 Å². The van der Waals surface area contributed by atoms with Crippen molar-refractivity contribution in [1.82, 2.24) is 19.5 Å². The SMILES string of the molecule is CC(C)c1cc(-c2ccccc2)cc(C(C)C)c1-n1c(-c2[c-]ccc3c2oc2nc(F)ccc23)nc2ccccc21.[CH3][Ge]([CH3])([CH3])[c]1ccc(-c2[c-]cccc2)nc1.[Ir]. The second-order valence-corrected chi connectivity index (χ2v) is 26.7. The van der Waals surface area contributed by atoms with E-state index in [2.05, 4.69) is 126 Å². The molecule has 4 aromatic heterocycles. The van der Waals surface area contributed by atoms with Gasteiger partial charge in [-0.2, -0.15) is 9.37 Å². The summed E-state index contributed by atoms with van der Waals surface area (Å²) in [6.45, 7) is 8.96. The summed E-state index contributed by atoms with van der Waals surface area (Å²) in [5.41, 5.74) is 11.5. The van der Waals surface area contributed by atoms with Gasteiger partial charge in [0, 0.05) is 31.2 Å². The zero-order valence-corrected chi connectivity index (χ0v) is 38.3. The van der Waals surface area contributed by atoms with Gasteiger partial charge in [0.05, 0.1) is 22.4 Å². The van der Waals surface area contributed by atoms with Gasteiger partial charge in [-0.05, 0) is 70.5 Å². The van der Waals surface area contributed by atoms with E-state index in [-0.39, 0.29) is 37.7 Å². The van der Waals surface area contributed by atoms with Crippen molar-refractivity contribution in [3.63, 3.8) is 0 Å². The number of aromatic nitrogens is 4. The molecule has 0 aliphatic carbocycles. The van der Waals surface area contributed by atoms with E-state index in [4.69, 9.17) is 9.40 Å². The number of benzene rings is 5. The molecule has 0 spiro atoms. The van der Waals surface area contributed by atoms with Crippen LogP contribution in [-0.2, 0) is 20.1 Å². The maximum Gasteiger partial charge on any atom is 0 e. The molecule has 9 rings (SSSR count). The van der Waals surface area contributed by atoms with Crippen LogP contribution in [0.3, 0.4) is 0 Å². The number of para-hydroxylation sites is 2. The standard InChI is InChI=1S/C36H29FN3O.C14H16GeN.Ir/c1-21(2)28-19-24(23-11-6-5-7-12-23)20-29(22(3)4)33(28)40-31-16-9-8-15-30(31)38-35(40)27-14-10-13-25-26-17-18-32(37)39-36(26)41-34(25)27;1-15(2,3)13-9-10-14(16-11-13)12-7-5-4-6-8-12;/h5-13,15-22H,1-4H3;4-7,9-11H,1-3H3;/q2*-1;. The van der Waals surface area contributed by atoms with Gasteiger partial charge in [0.15, 0.2) is 0 Å². The Bertz CT molecular complexity index is 2810. The van der Waals surface area contributed by atoms with E-state index in [1.165, 1.54) is 32.7 Å². The summed E-state index contributed by atoms with van der Waals surface area (Å²) in [4.78, 5) is 13.7. The third-order valence-electron chi connectivity index (χ3n) is 10.4. The molecule has 0 aliphatic heterocycles. The zero-order valence-electron chi connectivity index (χ0n) is 33.8. The minimum absolute atomic E-state index is 0. The van der Waals surface area contributed by atoms with Crippen molar-refractivity contribution in [1.29, 1.82) is 0 Å². The number of halogens is 1. The third-order valence-corrected chi connectivity index (χ3v) is 14.7. The van der Waals surface area contributed by atoms with Crippen LogP contribution in [0.5, 0.6) is 0 Å². The molecule has 0 fully saturated rings. The maximum atomic E-state index is 14.0. The molecule has 0 bridgehead atoms.